The lowest BCUT2D eigenvalue weighted by molar-refractivity contribution is -0.116. The maximum absolute atomic E-state index is 12.4. The number of hydrogen-bond donors (Lipinski definition) is 1. The minimum Gasteiger partial charge on any atom is -0.325 e. The van der Waals surface area contributed by atoms with Gasteiger partial charge >= 0.3 is 0 Å². The van der Waals surface area contributed by atoms with E-state index in [1.165, 1.54) is 11.1 Å². The van der Waals surface area contributed by atoms with E-state index in [1.807, 2.05) is 0 Å². The van der Waals surface area contributed by atoms with Crippen LogP contribution in [0, 0.1) is 0 Å². The molecule has 29 heavy (non-hydrogen) atoms. The van der Waals surface area contributed by atoms with Crippen molar-refractivity contribution in [3.05, 3.63) is 75.3 Å². The molecule has 0 bridgehead atoms. The fraction of sp³-hybridized carbons (Fsp3) is 0.318. The standard InChI is InChI=1S/C22H22Cl2N4O/c1-2-28-19(10-11-20(29)25-18-9-5-8-17(23)21(18)24)26-27-22(28)16-12-14-6-3-4-7-15(14)13-16/h3-9,16H,2,10-13H2,1H3,(H,25,29). The van der Waals surface area contributed by atoms with E-state index in [1.54, 1.807) is 18.2 Å². The van der Waals surface area contributed by atoms with Gasteiger partial charge in [0.05, 0.1) is 15.7 Å². The number of anilines is 1. The molecule has 1 heterocycles. The molecule has 0 spiro atoms. The maximum Gasteiger partial charge on any atom is 0.224 e. The van der Waals surface area contributed by atoms with E-state index in [4.69, 9.17) is 23.2 Å². The Labute approximate surface area is 180 Å². The Balaban J connectivity index is 1.42. The van der Waals surface area contributed by atoms with Crippen molar-refractivity contribution in [2.45, 2.75) is 45.1 Å². The summed E-state index contributed by atoms with van der Waals surface area (Å²) in [6.07, 6.45) is 2.79. The highest BCUT2D eigenvalue weighted by Crippen LogP contribution is 2.33. The van der Waals surface area contributed by atoms with Crippen LogP contribution < -0.4 is 5.32 Å². The summed E-state index contributed by atoms with van der Waals surface area (Å²) in [6, 6.07) is 13.7. The second-order valence-electron chi connectivity index (χ2n) is 7.24. The van der Waals surface area contributed by atoms with E-state index in [2.05, 4.69) is 51.3 Å². The molecule has 1 N–H and O–H groups in total. The Kier molecular flexibility index (Phi) is 5.88. The molecular formula is C22H22Cl2N4O. The van der Waals surface area contributed by atoms with Crippen molar-refractivity contribution >= 4 is 34.8 Å². The van der Waals surface area contributed by atoms with E-state index in [-0.39, 0.29) is 5.91 Å². The average molecular weight is 429 g/mol. The summed E-state index contributed by atoms with van der Waals surface area (Å²) in [4.78, 5) is 12.4. The van der Waals surface area contributed by atoms with Gasteiger partial charge in [-0.15, -0.1) is 10.2 Å². The first-order valence-corrected chi connectivity index (χ1v) is 10.5. The zero-order valence-corrected chi connectivity index (χ0v) is 17.7. The third-order valence-electron chi connectivity index (χ3n) is 5.39. The fourth-order valence-electron chi connectivity index (χ4n) is 3.96. The second-order valence-corrected chi connectivity index (χ2v) is 8.03. The number of halogens is 2. The minimum atomic E-state index is -0.130. The summed E-state index contributed by atoms with van der Waals surface area (Å²) < 4.78 is 2.15. The van der Waals surface area contributed by atoms with Crippen LogP contribution in [0.15, 0.2) is 42.5 Å². The number of nitrogens with zero attached hydrogens (tertiary/aromatic N) is 3. The van der Waals surface area contributed by atoms with Gasteiger partial charge in [0.15, 0.2) is 0 Å². The lowest BCUT2D eigenvalue weighted by Crippen LogP contribution is -2.15. The Morgan fingerprint density at radius 3 is 2.52 bits per heavy atom. The van der Waals surface area contributed by atoms with E-state index in [0.29, 0.717) is 34.5 Å². The van der Waals surface area contributed by atoms with Crippen molar-refractivity contribution in [1.29, 1.82) is 0 Å². The normalized spacial score (nSPS) is 13.5. The van der Waals surface area contributed by atoms with Crippen molar-refractivity contribution in [1.82, 2.24) is 14.8 Å². The van der Waals surface area contributed by atoms with Crippen LogP contribution in [-0.4, -0.2) is 20.7 Å². The molecule has 0 aliphatic heterocycles. The number of benzene rings is 2. The smallest absolute Gasteiger partial charge is 0.224 e. The van der Waals surface area contributed by atoms with Crippen LogP contribution in [-0.2, 0) is 30.6 Å². The summed E-state index contributed by atoms with van der Waals surface area (Å²) in [5.74, 6) is 2.06. The molecule has 0 fully saturated rings. The monoisotopic (exact) mass is 428 g/mol. The van der Waals surface area contributed by atoms with Crippen molar-refractivity contribution in [3.8, 4) is 0 Å². The molecule has 1 aliphatic rings. The highest BCUT2D eigenvalue weighted by Gasteiger charge is 2.27. The number of carbonyl (C=O) groups excluding carboxylic acids is 1. The Hall–Kier alpha value is -2.37. The predicted octanol–water partition coefficient (Wildman–Crippen LogP) is 5.06. The lowest BCUT2D eigenvalue weighted by Gasteiger charge is -2.12. The Morgan fingerprint density at radius 2 is 1.83 bits per heavy atom. The molecule has 0 saturated carbocycles. The molecule has 3 aromatic rings. The van der Waals surface area contributed by atoms with Crippen LogP contribution in [0.5, 0.6) is 0 Å². The lowest BCUT2D eigenvalue weighted by atomic mass is 10.1. The van der Waals surface area contributed by atoms with Gasteiger partial charge in [0, 0.05) is 25.3 Å². The number of rotatable bonds is 6. The fourth-order valence-corrected chi connectivity index (χ4v) is 4.31. The second kappa shape index (κ2) is 8.56. The summed E-state index contributed by atoms with van der Waals surface area (Å²) in [5, 5.41) is 12.5. The number of fused-ring (bicyclic) bond motifs is 1. The van der Waals surface area contributed by atoms with Gasteiger partial charge in [-0.3, -0.25) is 4.79 Å². The molecule has 1 amide bonds. The van der Waals surface area contributed by atoms with Crippen molar-refractivity contribution in [2.75, 3.05) is 5.32 Å². The first-order chi connectivity index (χ1) is 14.1. The van der Waals surface area contributed by atoms with Gasteiger partial charge in [0.25, 0.3) is 0 Å². The largest absolute Gasteiger partial charge is 0.325 e. The predicted molar refractivity (Wildman–Crippen MR) is 116 cm³/mol. The van der Waals surface area contributed by atoms with E-state index in [0.717, 1.165) is 31.0 Å². The molecule has 0 radical (unpaired) electrons. The third kappa shape index (κ3) is 4.16. The van der Waals surface area contributed by atoms with E-state index in [9.17, 15) is 4.79 Å². The molecule has 2 aromatic carbocycles. The number of hydrogen-bond acceptors (Lipinski definition) is 3. The van der Waals surface area contributed by atoms with E-state index >= 15 is 0 Å². The van der Waals surface area contributed by atoms with Gasteiger partial charge in [-0.25, -0.2) is 0 Å². The first-order valence-electron chi connectivity index (χ1n) is 9.79. The van der Waals surface area contributed by atoms with Gasteiger partial charge in [-0.1, -0.05) is 53.5 Å². The summed E-state index contributed by atoms with van der Waals surface area (Å²) in [7, 11) is 0. The zero-order chi connectivity index (χ0) is 20.4. The highest BCUT2D eigenvalue weighted by atomic mass is 35.5. The van der Waals surface area contributed by atoms with Crippen LogP contribution in [0.1, 0.15) is 42.0 Å². The number of carbonyl (C=O) groups is 1. The Bertz CT molecular complexity index is 1020. The van der Waals surface area contributed by atoms with E-state index < -0.39 is 0 Å². The van der Waals surface area contributed by atoms with Crippen LogP contribution >= 0.6 is 23.2 Å². The third-order valence-corrected chi connectivity index (χ3v) is 6.21. The number of amides is 1. The molecule has 7 heteroatoms. The minimum absolute atomic E-state index is 0.130. The zero-order valence-electron chi connectivity index (χ0n) is 16.2. The molecular weight excluding hydrogens is 407 g/mol. The van der Waals surface area contributed by atoms with Crippen molar-refractivity contribution < 1.29 is 4.79 Å². The van der Waals surface area contributed by atoms with Gasteiger partial charge in [0.2, 0.25) is 5.91 Å². The summed E-state index contributed by atoms with van der Waals surface area (Å²) in [5.41, 5.74) is 3.30. The quantitative estimate of drug-likeness (QED) is 0.596. The topological polar surface area (TPSA) is 59.8 Å². The van der Waals surface area contributed by atoms with Gasteiger partial charge in [0.1, 0.15) is 11.6 Å². The van der Waals surface area contributed by atoms with Crippen LogP contribution in [0.4, 0.5) is 5.69 Å². The first kappa shape index (κ1) is 19.9. The number of aromatic nitrogens is 3. The highest BCUT2D eigenvalue weighted by molar-refractivity contribution is 6.43. The molecule has 5 nitrogen and oxygen atoms in total. The van der Waals surface area contributed by atoms with Crippen LogP contribution in [0.2, 0.25) is 10.0 Å². The van der Waals surface area contributed by atoms with Crippen molar-refractivity contribution in [3.63, 3.8) is 0 Å². The summed E-state index contributed by atoms with van der Waals surface area (Å²) in [6.45, 7) is 2.87. The van der Waals surface area contributed by atoms with Gasteiger partial charge in [-0.05, 0) is 43.0 Å². The molecule has 0 unspecified atom stereocenters. The molecule has 0 atom stereocenters. The molecule has 150 valence electrons. The Morgan fingerprint density at radius 1 is 1.10 bits per heavy atom. The molecule has 1 aromatic heterocycles. The van der Waals surface area contributed by atoms with Gasteiger partial charge < -0.3 is 9.88 Å². The van der Waals surface area contributed by atoms with Crippen LogP contribution in [0.25, 0.3) is 0 Å². The number of nitrogens with one attached hydrogen (secondary N) is 1. The molecule has 4 rings (SSSR count). The average Bonchev–Trinajstić information content (AvgIpc) is 3.33. The number of aryl methyl sites for hydroxylation is 1. The molecule has 1 aliphatic carbocycles. The van der Waals surface area contributed by atoms with Crippen LogP contribution in [0.3, 0.4) is 0 Å². The molecule has 0 saturated heterocycles. The SMILES string of the molecule is CCn1c(CCC(=O)Nc2cccc(Cl)c2Cl)nnc1C1Cc2ccccc2C1. The maximum atomic E-state index is 12.4. The van der Waals surface area contributed by atoms with Crippen molar-refractivity contribution in [2.24, 2.45) is 0 Å². The summed E-state index contributed by atoms with van der Waals surface area (Å²) >= 11 is 12.1. The van der Waals surface area contributed by atoms with Gasteiger partial charge in [-0.2, -0.15) is 0 Å².